The van der Waals surface area contributed by atoms with E-state index in [0.29, 0.717) is 0 Å². The first kappa shape index (κ1) is 10.7. The van der Waals surface area contributed by atoms with Crippen molar-refractivity contribution in [3.05, 3.63) is 11.6 Å². The molecule has 0 atom stereocenters. The van der Waals surface area contributed by atoms with E-state index in [4.69, 9.17) is 0 Å². The minimum Gasteiger partial charge on any atom is -0.317 e. The molecule has 2 nitrogen and oxygen atoms in total. The summed E-state index contributed by atoms with van der Waals surface area (Å²) in [6, 6.07) is 0. The predicted molar refractivity (Wildman–Crippen MR) is 58.9 cm³/mol. The van der Waals surface area contributed by atoms with Crippen LogP contribution in [0.3, 0.4) is 0 Å². The molecule has 0 aromatic carbocycles. The molecule has 0 spiro atoms. The van der Waals surface area contributed by atoms with Gasteiger partial charge in [-0.3, -0.25) is 4.99 Å². The Hall–Kier alpha value is -0.340. The van der Waals surface area contributed by atoms with Crippen LogP contribution in [-0.2, 0) is 0 Å². The standard InChI is InChI=1S/C10H16N2.ClH/c1-8-6-10(7-12-8)9-2-4-11-5-3-9;/h6,9,11H,2-5,7H2,1H3;1H. The van der Waals surface area contributed by atoms with E-state index in [1.165, 1.54) is 31.6 Å². The summed E-state index contributed by atoms with van der Waals surface area (Å²) in [5.41, 5.74) is 2.78. The smallest absolute Gasteiger partial charge is 0.0609 e. The van der Waals surface area contributed by atoms with Crippen LogP contribution in [0.15, 0.2) is 16.6 Å². The lowest BCUT2D eigenvalue weighted by Crippen LogP contribution is -2.28. The molecule has 1 saturated heterocycles. The van der Waals surface area contributed by atoms with Crippen LogP contribution in [0, 0.1) is 5.92 Å². The normalized spacial score (nSPS) is 23.5. The van der Waals surface area contributed by atoms with Gasteiger partial charge in [0.05, 0.1) is 6.54 Å². The van der Waals surface area contributed by atoms with Crippen molar-refractivity contribution in [3.8, 4) is 0 Å². The molecule has 0 unspecified atom stereocenters. The van der Waals surface area contributed by atoms with E-state index in [1.54, 1.807) is 5.57 Å². The third kappa shape index (κ3) is 2.55. The van der Waals surface area contributed by atoms with E-state index in [2.05, 4.69) is 23.3 Å². The van der Waals surface area contributed by atoms with Crippen LogP contribution in [0.5, 0.6) is 0 Å². The number of piperidine rings is 1. The summed E-state index contributed by atoms with van der Waals surface area (Å²) in [6.07, 6.45) is 4.87. The van der Waals surface area contributed by atoms with Gasteiger partial charge in [-0.05, 0) is 50.4 Å². The molecule has 2 aliphatic rings. The summed E-state index contributed by atoms with van der Waals surface area (Å²) in [6.45, 7) is 5.42. The third-order valence-corrected chi connectivity index (χ3v) is 2.77. The molecule has 74 valence electrons. The highest BCUT2D eigenvalue weighted by molar-refractivity contribution is 5.95. The van der Waals surface area contributed by atoms with Gasteiger partial charge < -0.3 is 5.32 Å². The summed E-state index contributed by atoms with van der Waals surface area (Å²) in [4.78, 5) is 4.40. The van der Waals surface area contributed by atoms with Gasteiger partial charge in [0.1, 0.15) is 0 Å². The number of nitrogens with zero attached hydrogens (tertiary/aromatic N) is 1. The van der Waals surface area contributed by atoms with E-state index < -0.39 is 0 Å². The first-order valence-electron chi connectivity index (χ1n) is 4.78. The maximum absolute atomic E-state index is 4.40. The van der Waals surface area contributed by atoms with Crippen LogP contribution < -0.4 is 5.32 Å². The molecule has 2 heterocycles. The van der Waals surface area contributed by atoms with E-state index >= 15 is 0 Å². The number of hydrogen-bond donors (Lipinski definition) is 1. The molecular weight excluding hydrogens is 184 g/mol. The number of aliphatic imine (C=N–C) groups is 1. The second-order valence-electron chi connectivity index (χ2n) is 3.70. The number of rotatable bonds is 1. The van der Waals surface area contributed by atoms with Crippen LogP contribution in [0.4, 0.5) is 0 Å². The average molecular weight is 201 g/mol. The molecule has 0 amide bonds. The van der Waals surface area contributed by atoms with E-state index in [-0.39, 0.29) is 12.4 Å². The van der Waals surface area contributed by atoms with Gasteiger partial charge in [0.15, 0.2) is 0 Å². The van der Waals surface area contributed by atoms with E-state index in [0.717, 1.165) is 12.5 Å². The second kappa shape index (κ2) is 4.77. The Morgan fingerprint density at radius 2 is 2.08 bits per heavy atom. The summed E-state index contributed by atoms with van der Waals surface area (Å²) in [7, 11) is 0. The van der Waals surface area contributed by atoms with Gasteiger partial charge in [-0.25, -0.2) is 0 Å². The Morgan fingerprint density at radius 3 is 2.62 bits per heavy atom. The van der Waals surface area contributed by atoms with Crippen LogP contribution in [-0.4, -0.2) is 25.3 Å². The lowest BCUT2D eigenvalue weighted by molar-refractivity contribution is 0.418. The first-order chi connectivity index (χ1) is 5.86. The molecule has 2 aliphatic heterocycles. The molecule has 0 radical (unpaired) electrons. The molecule has 2 rings (SSSR count). The zero-order valence-corrected chi connectivity index (χ0v) is 8.86. The summed E-state index contributed by atoms with van der Waals surface area (Å²) >= 11 is 0. The van der Waals surface area contributed by atoms with Gasteiger partial charge in [0.25, 0.3) is 0 Å². The van der Waals surface area contributed by atoms with Crippen LogP contribution in [0.25, 0.3) is 0 Å². The highest BCUT2D eigenvalue weighted by Crippen LogP contribution is 2.24. The van der Waals surface area contributed by atoms with Crippen LogP contribution in [0.2, 0.25) is 0 Å². The molecule has 0 aromatic rings. The first-order valence-corrected chi connectivity index (χ1v) is 4.78. The quantitative estimate of drug-likeness (QED) is 0.686. The zero-order valence-electron chi connectivity index (χ0n) is 8.05. The third-order valence-electron chi connectivity index (χ3n) is 2.77. The second-order valence-corrected chi connectivity index (χ2v) is 3.70. The maximum Gasteiger partial charge on any atom is 0.0609 e. The molecule has 3 heteroatoms. The number of nitrogens with one attached hydrogen (secondary N) is 1. The van der Waals surface area contributed by atoms with Crippen LogP contribution in [0.1, 0.15) is 19.8 Å². The van der Waals surface area contributed by atoms with Crippen molar-refractivity contribution in [1.29, 1.82) is 0 Å². The molecular formula is C10H17ClN2. The van der Waals surface area contributed by atoms with Crippen molar-refractivity contribution in [3.63, 3.8) is 0 Å². The average Bonchev–Trinajstić information content (AvgIpc) is 2.54. The summed E-state index contributed by atoms with van der Waals surface area (Å²) in [5, 5.41) is 3.38. The number of hydrogen-bond acceptors (Lipinski definition) is 2. The highest BCUT2D eigenvalue weighted by Gasteiger charge is 2.19. The summed E-state index contributed by atoms with van der Waals surface area (Å²) in [5.74, 6) is 0.812. The highest BCUT2D eigenvalue weighted by atomic mass is 35.5. The molecule has 0 bridgehead atoms. The molecule has 1 N–H and O–H groups in total. The van der Waals surface area contributed by atoms with E-state index in [9.17, 15) is 0 Å². The minimum atomic E-state index is 0. The topological polar surface area (TPSA) is 24.4 Å². The lowest BCUT2D eigenvalue weighted by Gasteiger charge is -2.23. The Bertz CT molecular complexity index is 227. The van der Waals surface area contributed by atoms with Crippen molar-refractivity contribution < 1.29 is 0 Å². The minimum absolute atomic E-state index is 0. The van der Waals surface area contributed by atoms with Crippen LogP contribution >= 0.6 is 12.4 Å². The van der Waals surface area contributed by atoms with Gasteiger partial charge in [-0.2, -0.15) is 0 Å². The fourth-order valence-electron chi connectivity index (χ4n) is 2.02. The van der Waals surface area contributed by atoms with Crippen molar-refractivity contribution in [1.82, 2.24) is 5.32 Å². The Balaban J connectivity index is 0.000000845. The Kier molecular flexibility index (Phi) is 3.94. The van der Waals surface area contributed by atoms with Gasteiger partial charge in [0.2, 0.25) is 0 Å². The Morgan fingerprint density at radius 1 is 1.38 bits per heavy atom. The molecule has 13 heavy (non-hydrogen) atoms. The monoisotopic (exact) mass is 200 g/mol. The van der Waals surface area contributed by atoms with E-state index in [1.807, 2.05) is 0 Å². The van der Waals surface area contributed by atoms with Crippen molar-refractivity contribution in [2.45, 2.75) is 19.8 Å². The number of halogens is 1. The maximum atomic E-state index is 4.40. The van der Waals surface area contributed by atoms with Crippen molar-refractivity contribution in [2.75, 3.05) is 19.6 Å². The van der Waals surface area contributed by atoms with Gasteiger partial charge in [-0.1, -0.05) is 0 Å². The lowest BCUT2D eigenvalue weighted by atomic mass is 9.90. The van der Waals surface area contributed by atoms with Gasteiger partial charge >= 0.3 is 0 Å². The Labute approximate surface area is 85.9 Å². The van der Waals surface area contributed by atoms with Gasteiger partial charge in [-0.15, -0.1) is 12.4 Å². The fourth-order valence-corrected chi connectivity index (χ4v) is 2.02. The largest absolute Gasteiger partial charge is 0.317 e. The molecule has 0 saturated carbocycles. The fraction of sp³-hybridized carbons (Fsp3) is 0.700. The van der Waals surface area contributed by atoms with Crippen molar-refractivity contribution in [2.24, 2.45) is 10.9 Å². The zero-order chi connectivity index (χ0) is 8.39. The SMILES string of the molecule is CC1=NCC(C2CCNCC2)=C1.Cl. The van der Waals surface area contributed by atoms with Crippen molar-refractivity contribution >= 4 is 18.1 Å². The summed E-state index contributed by atoms with van der Waals surface area (Å²) < 4.78 is 0. The molecule has 0 aliphatic carbocycles. The molecule has 0 aromatic heterocycles. The van der Waals surface area contributed by atoms with Gasteiger partial charge in [0, 0.05) is 5.71 Å². The predicted octanol–water partition coefficient (Wildman–Crippen LogP) is 1.81. The number of allylic oxidation sites excluding steroid dienone is 1. The molecule has 1 fully saturated rings.